The predicted octanol–water partition coefficient (Wildman–Crippen LogP) is 3.71. The fourth-order valence-electron chi connectivity index (χ4n) is 5.60. The Hall–Kier alpha value is -3.61. The summed E-state index contributed by atoms with van der Waals surface area (Å²) >= 11 is 0. The van der Waals surface area contributed by atoms with Gasteiger partial charge in [-0.1, -0.05) is 0 Å². The summed E-state index contributed by atoms with van der Waals surface area (Å²) in [5.41, 5.74) is 4.27. The number of carbonyl (C=O) groups is 2. The molecule has 5 heterocycles. The molecule has 5 rings (SSSR count). The molecule has 3 aliphatic rings. The molecular formula is C27H35N7O3. The summed E-state index contributed by atoms with van der Waals surface area (Å²) in [5.74, 6) is 0.942. The minimum Gasteiger partial charge on any atom is -0.444 e. The summed E-state index contributed by atoms with van der Waals surface area (Å²) in [6, 6.07) is 4.19. The van der Waals surface area contributed by atoms with Gasteiger partial charge in [0.25, 0.3) is 0 Å². The third-order valence-electron chi connectivity index (χ3n) is 7.43. The first-order valence-corrected chi connectivity index (χ1v) is 13.1. The Balaban J connectivity index is 1.45. The van der Waals surface area contributed by atoms with Crippen LogP contribution in [0.25, 0.3) is 0 Å². The molecule has 0 radical (unpaired) electrons. The number of pyridine rings is 1. The maximum atomic E-state index is 12.6. The van der Waals surface area contributed by atoms with E-state index in [1.54, 1.807) is 18.0 Å². The van der Waals surface area contributed by atoms with Crippen LogP contribution in [0, 0.1) is 11.3 Å². The number of rotatable bonds is 2. The molecule has 0 N–H and O–H groups in total. The van der Waals surface area contributed by atoms with Gasteiger partial charge in [0.1, 0.15) is 17.4 Å². The molecule has 0 aromatic carbocycles. The Bertz CT molecular complexity index is 1250. The lowest BCUT2D eigenvalue weighted by atomic mass is 10.0. The number of carbonyl (C=O) groups excluding carboxylic acids is 2. The van der Waals surface area contributed by atoms with Gasteiger partial charge in [-0.15, -0.1) is 0 Å². The van der Waals surface area contributed by atoms with E-state index in [1.807, 2.05) is 31.7 Å². The first-order valence-electron chi connectivity index (χ1n) is 13.1. The van der Waals surface area contributed by atoms with Gasteiger partial charge in [0.05, 0.1) is 24.5 Å². The fourth-order valence-corrected chi connectivity index (χ4v) is 5.60. The molecule has 1 fully saturated rings. The summed E-state index contributed by atoms with van der Waals surface area (Å²) in [4.78, 5) is 35.1. The second kappa shape index (κ2) is 9.69. The molecule has 1 saturated heterocycles. The second-order valence-corrected chi connectivity index (χ2v) is 11.1. The Labute approximate surface area is 217 Å². The van der Waals surface area contributed by atoms with Crippen molar-refractivity contribution in [2.45, 2.75) is 78.0 Å². The number of aryl methyl sites for hydroxylation is 1. The van der Waals surface area contributed by atoms with Crippen LogP contribution in [-0.4, -0.2) is 68.3 Å². The van der Waals surface area contributed by atoms with Crippen molar-refractivity contribution in [1.29, 1.82) is 5.26 Å². The van der Waals surface area contributed by atoms with Gasteiger partial charge in [-0.25, -0.2) is 9.78 Å². The lowest BCUT2D eigenvalue weighted by Crippen LogP contribution is -2.42. The van der Waals surface area contributed by atoms with Crippen LogP contribution in [0.4, 0.5) is 16.3 Å². The van der Waals surface area contributed by atoms with Crippen molar-refractivity contribution in [2.75, 3.05) is 31.1 Å². The molecule has 10 nitrogen and oxygen atoms in total. The molecular weight excluding hydrogens is 470 g/mol. The van der Waals surface area contributed by atoms with Crippen LogP contribution in [0.1, 0.15) is 75.5 Å². The van der Waals surface area contributed by atoms with Crippen molar-refractivity contribution in [3.05, 3.63) is 34.8 Å². The van der Waals surface area contributed by atoms with Crippen molar-refractivity contribution in [2.24, 2.45) is 0 Å². The number of fused-ring (bicyclic) bond motifs is 2. The molecule has 2 amide bonds. The number of hydrogen-bond acceptors (Lipinski definition) is 7. The number of amides is 2. The zero-order valence-corrected chi connectivity index (χ0v) is 22.2. The molecule has 0 bridgehead atoms. The van der Waals surface area contributed by atoms with Crippen molar-refractivity contribution in [3.8, 4) is 6.07 Å². The SMILES string of the molecule is CC(=O)N1CCc2c(c(N3CCCc4cc(C#N)ncc43)nn2C2CCN(C(=O)OC(C)(C)C)CC2)C1. The van der Waals surface area contributed by atoms with Gasteiger partial charge in [-0.2, -0.15) is 10.4 Å². The number of aromatic nitrogens is 3. The average molecular weight is 506 g/mol. The van der Waals surface area contributed by atoms with E-state index < -0.39 is 5.60 Å². The van der Waals surface area contributed by atoms with E-state index in [4.69, 9.17) is 9.84 Å². The zero-order chi connectivity index (χ0) is 26.3. The van der Waals surface area contributed by atoms with Gasteiger partial charge in [-0.3, -0.25) is 9.48 Å². The second-order valence-electron chi connectivity index (χ2n) is 11.1. The lowest BCUT2D eigenvalue weighted by Gasteiger charge is -2.34. The first-order chi connectivity index (χ1) is 17.6. The van der Waals surface area contributed by atoms with Gasteiger partial charge in [0.15, 0.2) is 5.82 Å². The fraction of sp³-hybridized carbons (Fsp3) is 0.593. The van der Waals surface area contributed by atoms with E-state index in [2.05, 4.69) is 20.6 Å². The number of likely N-dealkylation sites (tertiary alicyclic amines) is 1. The minimum atomic E-state index is -0.514. The quantitative estimate of drug-likeness (QED) is 0.612. The largest absolute Gasteiger partial charge is 0.444 e. The number of hydrogen-bond donors (Lipinski definition) is 0. The van der Waals surface area contributed by atoms with Crippen LogP contribution in [0.2, 0.25) is 0 Å². The molecule has 0 aliphatic carbocycles. The van der Waals surface area contributed by atoms with Crippen LogP contribution in [0.5, 0.6) is 0 Å². The standard InChI is InChI=1S/C27H35N7O3/c1-18(35)32-13-9-23-22(17-32)25(33-10-5-6-19-14-20(15-28)29-16-24(19)33)30-34(23)21-7-11-31(12-8-21)26(36)37-27(2,3)4/h14,16,21H,5-13,17H2,1-4H3. The normalized spacial score (nSPS) is 18.2. The van der Waals surface area contributed by atoms with Gasteiger partial charge in [0.2, 0.25) is 5.91 Å². The van der Waals surface area contributed by atoms with E-state index in [-0.39, 0.29) is 18.0 Å². The summed E-state index contributed by atoms with van der Waals surface area (Å²) in [7, 11) is 0. The summed E-state index contributed by atoms with van der Waals surface area (Å²) in [5, 5.41) is 14.5. The molecule has 37 heavy (non-hydrogen) atoms. The van der Waals surface area contributed by atoms with Crippen LogP contribution in [0.3, 0.4) is 0 Å². The van der Waals surface area contributed by atoms with Gasteiger partial charge in [-0.05, 0) is 58.1 Å². The number of anilines is 2. The smallest absolute Gasteiger partial charge is 0.410 e. The summed E-state index contributed by atoms with van der Waals surface area (Å²) < 4.78 is 7.74. The zero-order valence-electron chi connectivity index (χ0n) is 22.2. The molecule has 196 valence electrons. The molecule has 2 aromatic rings. The molecule has 10 heteroatoms. The minimum absolute atomic E-state index is 0.0643. The highest BCUT2D eigenvalue weighted by molar-refractivity contribution is 5.75. The molecule has 0 unspecified atom stereocenters. The van der Waals surface area contributed by atoms with Gasteiger partial charge >= 0.3 is 6.09 Å². The summed E-state index contributed by atoms with van der Waals surface area (Å²) in [6.07, 6.45) is 5.72. The van der Waals surface area contributed by atoms with Crippen LogP contribution >= 0.6 is 0 Å². The maximum Gasteiger partial charge on any atom is 0.410 e. The van der Waals surface area contributed by atoms with Gasteiger partial charge in [0, 0.05) is 50.8 Å². The number of nitriles is 1. The predicted molar refractivity (Wildman–Crippen MR) is 137 cm³/mol. The molecule has 0 saturated carbocycles. The maximum absolute atomic E-state index is 12.6. The highest BCUT2D eigenvalue weighted by atomic mass is 16.6. The number of ether oxygens (including phenoxy) is 1. The van der Waals surface area contributed by atoms with Crippen molar-refractivity contribution in [1.82, 2.24) is 24.6 Å². The highest BCUT2D eigenvalue weighted by Gasteiger charge is 2.35. The number of nitrogens with zero attached hydrogens (tertiary/aromatic N) is 7. The van der Waals surface area contributed by atoms with E-state index in [1.165, 1.54) is 5.69 Å². The van der Waals surface area contributed by atoms with E-state index >= 15 is 0 Å². The highest BCUT2D eigenvalue weighted by Crippen LogP contribution is 2.39. The third kappa shape index (κ3) is 4.99. The van der Waals surface area contributed by atoms with Crippen molar-refractivity contribution >= 4 is 23.5 Å². The van der Waals surface area contributed by atoms with Crippen LogP contribution < -0.4 is 4.90 Å². The van der Waals surface area contributed by atoms with E-state index in [0.29, 0.717) is 31.9 Å². The van der Waals surface area contributed by atoms with Gasteiger partial charge < -0.3 is 19.4 Å². The van der Waals surface area contributed by atoms with Crippen molar-refractivity contribution in [3.63, 3.8) is 0 Å². The topological polar surface area (TPSA) is 108 Å². The Morgan fingerprint density at radius 3 is 2.54 bits per heavy atom. The monoisotopic (exact) mass is 505 g/mol. The number of piperidine rings is 1. The van der Waals surface area contributed by atoms with E-state index in [9.17, 15) is 14.9 Å². The molecule has 2 aromatic heterocycles. The Morgan fingerprint density at radius 1 is 1.11 bits per heavy atom. The Morgan fingerprint density at radius 2 is 1.86 bits per heavy atom. The first kappa shape index (κ1) is 25.1. The summed E-state index contributed by atoms with van der Waals surface area (Å²) in [6.45, 7) is 10.5. The lowest BCUT2D eigenvalue weighted by molar-refractivity contribution is -0.129. The molecule has 3 aliphatic heterocycles. The Kier molecular flexibility index (Phi) is 6.56. The van der Waals surface area contributed by atoms with Crippen LogP contribution in [-0.2, 0) is 28.9 Å². The van der Waals surface area contributed by atoms with Crippen LogP contribution in [0.15, 0.2) is 12.3 Å². The average Bonchev–Trinajstić information content (AvgIpc) is 3.25. The third-order valence-corrected chi connectivity index (χ3v) is 7.43. The van der Waals surface area contributed by atoms with E-state index in [0.717, 1.165) is 61.3 Å². The van der Waals surface area contributed by atoms with Crippen molar-refractivity contribution < 1.29 is 14.3 Å². The molecule has 0 spiro atoms. The molecule has 0 atom stereocenters.